The molecule has 2 heterocycles. The quantitative estimate of drug-likeness (QED) is 0.549. The molecule has 0 saturated carbocycles. The molecule has 84 valence electrons. The molecular weight excluding hydrogens is 208 g/mol. The van der Waals surface area contributed by atoms with Crippen LogP contribution in [0.25, 0.3) is 0 Å². The summed E-state index contributed by atoms with van der Waals surface area (Å²) >= 11 is 0. The first kappa shape index (κ1) is 10.5. The van der Waals surface area contributed by atoms with E-state index in [1.165, 1.54) is 0 Å². The molecule has 0 aliphatic carbocycles. The Morgan fingerprint density at radius 1 is 1.44 bits per heavy atom. The molecule has 1 aromatic heterocycles. The molecule has 1 aliphatic rings. The summed E-state index contributed by atoms with van der Waals surface area (Å²) in [7, 11) is 0. The van der Waals surface area contributed by atoms with E-state index in [2.05, 4.69) is 9.98 Å². The van der Waals surface area contributed by atoms with Crippen LogP contribution < -0.4 is 0 Å². The molecule has 1 aromatic rings. The minimum Gasteiger partial charge on any atom is -0.349 e. The maximum absolute atomic E-state index is 10.4. The second-order valence-corrected chi connectivity index (χ2v) is 3.57. The third-order valence-electron chi connectivity index (χ3n) is 2.42. The van der Waals surface area contributed by atoms with Gasteiger partial charge >= 0.3 is 0 Å². The summed E-state index contributed by atoms with van der Waals surface area (Å²) < 4.78 is 0. The Labute approximate surface area is 92.8 Å². The molecule has 6 nitrogen and oxygen atoms in total. The highest BCUT2D eigenvalue weighted by molar-refractivity contribution is 5.84. The van der Waals surface area contributed by atoms with Crippen molar-refractivity contribution in [1.82, 2.24) is 9.88 Å². The normalized spacial score (nSPS) is 15.0. The van der Waals surface area contributed by atoms with Crippen molar-refractivity contribution in [2.75, 3.05) is 19.6 Å². The van der Waals surface area contributed by atoms with Gasteiger partial charge in [-0.15, -0.1) is 0 Å². The van der Waals surface area contributed by atoms with Crippen LogP contribution >= 0.6 is 0 Å². The molecule has 0 saturated heterocycles. The Kier molecular flexibility index (Phi) is 3.09. The van der Waals surface area contributed by atoms with Gasteiger partial charge in [0.05, 0.1) is 6.54 Å². The third kappa shape index (κ3) is 2.53. The number of aliphatic imine (C=N–C) groups is 1. The van der Waals surface area contributed by atoms with Crippen LogP contribution in [-0.4, -0.2) is 40.3 Å². The predicted octanol–water partition coefficient (Wildman–Crippen LogP) is 0.572. The van der Waals surface area contributed by atoms with Gasteiger partial charge in [-0.25, -0.2) is 0 Å². The SMILES string of the molecule is O=[N+]([O-])CC1=NCCN1Cc1ccncc1. The van der Waals surface area contributed by atoms with E-state index in [1.807, 2.05) is 17.0 Å². The number of aromatic nitrogens is 1. The van der Waals surface area contributed by atoms with Crippen LogP contribution in [0.15, 0.2) is 29.5 Å². The van der Waals surface area contributed by atoms with Crippen molar-refractivity contribution >= 4 is 5.84 Å². The zero-order chi connectivity index (χ0) is 11.4. The van der Waals surface area contributed by atoms with Crippen LogP contribution in [0.5, 0.6) is 0 Å². The van der Waals surface area contributed by atoms with Crippen LogP contribution in [-0.2, 0) is 6.54 Å². The van der Waals surface area contributed by atoms with E-state index in [0.717, 1.165) is 12.1 Å². The molecule has 0 amide bonds. The van der Waals surface area contributed by atoms with E-state index >= 15 is 0 Å². The van der Waals surface area contributed by atoms with Crippen LogP contribution in [0.1, 0.15) is 5.56 Å². The lowest BCUT2D eigenvalue weighted by Gasteiger charge is -2.17. The van der Waals surface area contributed by atoms with Crippen molar-refractivity contribution in [2.24, 2.45) is 4.99 Å². The number of nitro groups is 1. The van der Waals surface area contributed by atoms with Gasteiger partial charge in [0.15, 0.2) is 5.84 Å². The van der Waals surface area contributed by atoms with Crippen molar-refractivity contribution in [3.05, 3.63) is 40.2 Å². The molecule has 2 rings (SSSR count). The number of hydrogen-bond donors (Lipinski definition) is 0. The highest BCUT2D eigenvalue weighted by Gasteiger charge is 2.20. The Morgan fingerprint density at radius 3 is 2.88 bits per heavy atom. The van der Waals surface area contributed by atoms with Crippen LogP contribution in [0, 0.1) is 10.1 Å². The molecule has 0 aromatic carbocycles. The topological polar surface area (TPSA) is 71.6 Å². The van der Waals surface area contributed by atoms with E-state index in [1.54, 1.807) is 12.4 Å². The minimum absolute atomic E-state index is 0.189. The number of pyridine rings is 1. The van der Waals surface area contributed by atoms with Gasteiger partial charge in [-0.05, 0) is 17.7 Å². The van der Waals surface area contributed by atoms with E-state index < -0.39 is 0 Å². The first-order valence-electron chi connectivity index (χ1n) is 5.04. The molecule has 16 heavy (non-hydrogen) atoms. The van der Waals surface area contributed by atoms with Gasteiger partial charge in [0, 0.05) is 30.4 Å². The Hall–Kier alpha value is -1.98. The van der Waals surface area contributed by atoms with Gasteiger partial charge in [0.2, 0.25) is 0 Å². The number of nitrogens with zero attached hydrogens (tertiary/aromatic N) is 4. The van der Waals surface area contributed by atoms with E-state index in [4.69, 9.17) is 0 Å². The standard InChI is InChI=1S/C10H12N4O2/c15-14(16)8-10-12-5-6-13(10)7-9-1-3-11-4-2-9/h1-4H,5-8H2. The Morgan fingerprint density at radius 2 is 2.19 bits per heavy atom. The summed E-state index contributed by atoms with van der Waals surface area (Å²) in [4.78, 5) is 20.1. The Bertz CT molecular complexity index is 405. The number of hydrogen-bond acceptors (Lipinski definition) is 5. The summed E-state index contributed by atoms with van der Waals surface area (Å²) in [6.45, 7) is 1.88. The van der Waals surface area contributed by atoms with Crippen LogP contribution in [0.2, 0.25) is 0 Å². The van der Waals surface area contributed by atoms with Gasteiger partial charge < -0.3 is 4.90 Å². The molecule has 0 fully saturated rings. The van der Waals surface area contributed by atoms with Gasteiger partial charge in [-0.3, -0.25) is 20.1 Å². The number of amidine groups is 1. The van der Waals surface area contributed by atoms with E-state index in [-0.39, 0.29) is 11.5 Å². The molecule has 0 spiro atoms. The lowest BCUT2D eigenvalue weighted by molar-refractivity contribution is -0.464. The fourth-order valence-electron chi connectivity index (χ4n) is 1.67. The lowest BCUT2D eigenvalue weighted by Crippen LogP contribution is -2.32. The summed E-state index contributed by atoms with van der Waals surface area (Å²) in [6.07, 6.45) is 3.44. The third-order valence-corrected chi connectivity index (χ3v) is 2.42. The highest BCUT2D eigenvalue weighted by Crippen LogP contribution is 2.08. The van der Waals surface area contributed by atoms with E-state index in [0.29, 0.717) is 18.9 Å². The van der Waals surface area contributed by atoms with Crippen molar-refractivity contribution < 1.29 is 4.92 Å². The minimum atomic E-state index is -0.344. The molecule has 6 heteroatoms. The summed E-state index contributed by atoms with van der Waals surface area (Å²) in [5, 5.41) is 10.4. The largest absolute Gasteiger partial charge is 0.349 e. The van der Waals surface area contributed by atoms with Crippen LogP contribution in [0.4, 0.5) is 0 Å². The summed E-state index contributed by atoms with van der Waals surface area (Å²) in [6, 6.07) is 3.81. The highest BCUT2D eigenvalue weighted by atomic mass is 16.6. The second-order valence-electron chi connectivity index (χ2n) is 3.57. The lowest BCUT2D eigenvalue weighted by atomic mass is 10.2. The molecule has 0 radical (unpaired) electrons. The maximum atomic E-state index is 10.4. The molecule has 0 bridgehead atoms. The number of rotatable bonds is 4. The van der Waals surface area contributed by atoms with Gasteiger partial charge in [0.1, 0.15) is 0 Å². The average molecular weight is 220 g/mol. The predicted molar refractivity (Wildman–Crippen MR) is 58.8 cm³/mol. The fourth-order valence-corrected chi connectivity index (χ4v) is 1.67. The van der Waals surface area contributed by atoms with Gasteiger partial charge in [-0.1, -0.05) is 0 Å². The molecule has 0 unspecified atom stereocenters. The van der Waals surface area contributed by atoms with Crippen molar-refractivity contribution in [1.29, 1.82) is 0 Å². The average Bonchev–Trinajstić information content (AvgIpc) is 2.66. The molecule has 1 aliphatic heterocycles. The molecular formula is C10H12N4O2. The van der Waals surface area contributed by atoms with E-state index in [9.17, 15) is 10.1 Å². The first-order chi connectivity index (χ1) is 7.75. The molecule has 0 atom stereocenters. The van der Waals surface area contributed by atoms with Crippen molar-refractivity contribution in [2.45, 2.75) is 6.54 Å². The summed E-state index contributed by atoms with van der Waals surface area (Å²) in [5.74, 6) is 0.571. The first-order valence-corrected chi connectivity index (χ1v) is 5.04. The zero-order valence-electron chi connectivity index (χ0n) is 8.74. The van der Waals surface area contributed by atoms with Gasteiger partial charge in [0.25, 0.3) is 6.54 Å². The maximum Gasteiger partial charge on any atom is 0.260 e. The molecule has 0 N–H and O–H groups in total. The van der Waals surface area contributed by atoms with Crippen molar-refractivity contribution in [3.63, 3.8) is 0 Å². The van der Waals surface area contributed by atoms with Crippen LogP contribution in [0.3, 0.4) is 0 Å². The Balaban J connectivity index is 2.00. The smallest absolute Gasteiger partial charge is 0.260 e. The van der Waals surface area contributed by atoms with Gasteiger partial charge in [-0.2, -0.15) is 0 Å². The fraction of sp³-hybridized carbons (Fsp3) is 0.400. The monoisotopic (exact) mass is 220 g/mol. The second kappa shape index (κ2) is 4.69. The summed E-state index contributed by atoms with van der Waals surface area (Å²) in [5.41, 5.74) is 1.09. The zero-order valence-corrected chi connectivity index (χ0v) is 8.74. The van der Waals surface area contributed by atoms with Crippen molar-refractivity contribution in [3.8, 4) is 0 Å².